The Balaban J connectivity index is 2.81. The zero-order valence-corrected chi connectivity index (χ0v) is 10.1. The highest BCUT2D eigenvalue weighted by Crippen LogP contribution is 2.32. The second-order valence-corrected chi connectivity index (χ2v) is 5.63. The largest absolute Gasteiger partial charge is 0.523 e. The van der Waals surface area contributed by atoms with Crippen LogP contribution >= 0.6 is 11.6 Å². The normalized spacial score (nSPS) is 35.9. The lowest BCUT2D eigenvalue weighted by Crippen LogP contribution is -2.48. The average molecular weight is 299 g/mol. The quantitative estimate of drug-likeness (QED) is 0.467. The summed E-state index contributed by atoms with van der Waals surface area (Å²) in [7, 11) is -5.73. The number of hydrogen-bond acceptors (Lipinski definition) is 5. The molecule has 1 heterocycles. The molecule has 0 unspecified atom stereocenters. The van der Waals surface area contributed by atoms with Gasteiger partial charge >= 0.3 is 15.6 Å². The average Bonchev–Trinajstić information content (AvgIpc) is 2.09. The molecule has 0 spiro atoms. The number of aliphatic hydroxyl groups is 1. The molecule has 0 bridgehead atoms. The van der Waals surface area contributed by atoms with Crippen LogP contribution in [0, 0.1) is 0 Å². The van der Waals surface area contributed by atoms with Crippen molar-refractivity contribution in [3.8, 4) is 0 Å². The predicted molar refractivity (Wildman–Crippen MR) is 50.7 cm³/mol. The molecule has 10 heteroatoms. The van der Waals surface area contributed by atoms with Gasteiger partial charge in [-0.15, -0.1) is 11.6 Å². The Morgan fingerprint density at radius 1 is 1.47 bits per heavy atom. The molecule has 1 aliphatic rings. The molecule has 0 aromatic rings. The maximum atomic E-state index is 12.1. The lowest BCUT2D eigenvalue weighted by atomic mass is 10.1. The molecular formula is C7H10ClF3O5S. The van der Waals surface area contributed by atoms with Crippen molar-refractivity contribution in [2.45, 2.75) is 42.7 Å². The summed E-state index contributed by atoms with van der Waals surface area (Å²) in [6.07, 6.45) is -4.03. The molecule has 0 amide bonds. The summed E-state index contributed by atoms with van der Waals surface area (Å²) in [5.74, 6) is 0. The van der Waals surface area contributed by atoms with Crippen molar-refractivity contribution in [2.75, 3.05) is 0 Å². The molecule has 5 nitrogen and oxygen atoms in total. The van der Waals surface area contributed by atoms with Gasteiger partial charge in [0.15, 0.2) is 6.29 Å². The highest BCUT2D eigenvalue weighted by Gasteiger charge is 2.51. The fourth-order valence-electron chi connectivity index (χ4n) is 1.34. The third-order valence-electron chi connectivity index (χ3n) is 2.14. The fourth-order valence-corrected chi connectivity index (χ4v) is 2.50. The molecule has 17 heavy (non-hydrogen) atoms. The van der Waals surface area contributed by atoms with Crippen LogP contribution in [0.15, 0.2) is 0 Å². The molecule has 0 aromatic heterocycles. The first kappa shape index (κ1) is 15.0. The van der Waals surface area contributed by atoms with E-state index < -0.39 is 39.5 Å². The molecule has 4 atom stereocenters. The van der Waals surface area contributed by atoms with Gasteiger partial charge in [-0.25, -0.2) is 0 Å². The van der Waals surface area contributed by atoms with Gasteiger partial charge in [0, 0.05) is 6.42 Å². The van der Waals surface area contributed by atoms with Crippen molar-refractivity contribution in [2.24, 2.45) is 0 Å². The van der Waals surface area contributed by atoms with E-state index in [0.717, 1.165) is 0 Å². The first-order valence-corrected chi connectivity index (χ1v) is 6.36. The van der Waals surface area contributed by atoms with Gasteiger partial charge in [0.1, 0.15) is 6.10 Å². The SMILES string of the molecule is C[C@@H]1O[C@@H](O)C[C@H](Cl)[C@H]1OS(=O)(=O)C(F)(F)F. The van der Waals surface area contributed by atoms with E-state index in [-0.39, 0.29) is 6.42 Å². The first-order chi connectivity index (χ1) is 7.54. The first-order valence-electron chi connectivity index (χ1n) is 4.52. The summed E-state index contributed by atoms with van der Waals surface area (Å²) in [6.45, 7) is 1.26. The third-order valence-corrected chi connectivity index (χ3v) is 3.61. The van der Waals surface area contributed by atoms with Crippen LogP contribution in [0.5, 0.6) is 0 Å². The summed E-state index contributed by atoms with van der Waals surface area (Å²) in [4.78, 5) is 0. The van der Waals surface area contributed by atoms with Gasteiger partial charge < -0.3 is 9.84 Å². The second kappa shape index (κ2) is 4.88. The zero-order valence-electron chi connectivity index (χ0n) is 8.52. The van der Waals surface area contributed by atoms with Crippen LogP contribution in [0.2, 0.25) is 0 Å². The number of ether oxygens (including phenoxy) is 1. The Morgan fingerprint density at radius 2 is 2.00 bits per heavy atom. The minimum Gasteiger partial charge on any atom is -0.368 e. The molecule has 0 saturated carbocycles. The van der Waals surface area contributed by atoms with Crippen LogP contribution in [0.3, 0.4) is 0 Å². The Hall–Kier alpha value is -0.0900. The van der Waals surface area contributed by atoms with Gasteiger partial charge in [-0.1, -0.05) is 0 Å². The van der Waals surface area contributed by atoms with Gasteiger partial charge in [0.05, 0.1) is 11.5 Å². The molecule has 1 rings (SSSR count). The van der Waals surface area contributed by atoms with E-state index in [1.54, 1.807) is 0 Å². The molecule has 0 aliphatic carbocycles. The number of halogens is 4. The molecule has 0 aromatic carbocycles. The van der Waals surface area contributed by atoms with Crippen LogP contribution in [0.4, 0.5) is 13.2 Å². The highest BCUT2D eigenvalue weighted by molar-refractivity contribution is 7.87. The minimum atomic E-state index is -5.73. The Kier molecular flexibility index (Phi) is 4.30. The zero-order chi connectivity index (χ0) is 13.4. The standard InChI is InChI=1S/C7H10ClF3O5S/c1-3-6(4(8)2-5(12)15-3)16-17(13,14)7(9,10)11/h3-6,12H,2H2,1H3/t3-,4-,5+,6-/m0/s1. The molecule has 1 saturated heterocycles. The van der Waals surface area contributed by atoms with Gasteiger partial charge in [0.25, 0.3) is 0 Å². The van der Waals surface area contributed by atoms with E-state index in [1.165, 1.54) is 6.92 Å². The second-order valence-electron chi connectivity index (χ2n) is 3.51. The van der Waals surface area contributed by atoms with E-state index in [0.29, 0.717) is 0 Å². The lowest BCUT2D eigenvalue weighted by molar-refractivity contribution is -0.187. The molecule has 102 valence electrons. The smallest absolute Gasteiger partial charge is 0.368 e. The van der Waals surface area contributed by atoms with Gasteiger partial charge in [0.2, 0.25) is 0 Å². The molecule has 1 N–H and O–H groups in total. The van der Waals surface area contributed by atoms with Crippen molar-refractivity contribution in [1.82, 2.24) is 0 Å². The summed E-state index contributed by atoms with van der Waals surface area (Å²) in [5, 5.41) is 8.00. The maximum Gasteiger partial charge on any atom is 0.523 e. The maximum absolute atomic E-state index is 12.1. The monoisotopic (exact) mass is 298 g/mol. The Morgan fingerprint density at radius 3 is 2.41 bits per heavy atom. The minimum absolute atomic E-state index is 0.218. The summed E-state index contributed by atoms with van der Waals surface area (Å²) in [5.41, 5.74) is -5.51. The van der Waals surface area contributed by atoms with E-state index in [2.05, 4.69) is 4.18 Å². The van der Waals surface area contributed by atoms with Crippen LogP contribution in [0.25, 0.3) is 0 Å². The topological polar surface area (TPSA) is 72.8 Å². The molecule has 1 fully saturated rings. The van der Waals surface area contributed by atoms with E-state index in [4.69, 9.17) is 21.4 Å². The van der Waals surface area contributed by atoms with Crippen LogP contribution in [-0.2, 0) is 19.0 Å². The van der Waals surface area contributed by atoms with Gasteiger partial charge in [-0.2, -0.15) is 21.6 Å². The van der Waals surface area contributed by atoms with Crippen LogP contribution < -0.4 is 0 Å². The third kappa shape index (κ3) is 3.44. The van der Waals surface area contributed by atoms with Gasteiger partial charge in [-0.05, 0) is 6.92 Å². The number of hydrogen-bond donors (Lipinski definition) is 1. The van der Waals surface area contributed by atoms with Crippen molar-refractivity contribution in [3.05, 3.63) is 0 Å². The number of aliphatic hydroxyl groups excluding tert-OH is 1. The van der Waals surface area contributed by atoms with Gasteiger partial charge in [-0.3, -0.25) is 4.18 Å². The van der Waals surface area contributed by atoms with Crippen molar-refractivity contribution < 1.29 is 35.6 Å². The van der Waals surface area contributed by atoms with E-state index in [9.17, 15) is 21.6 Å². The predicted octanol–water partition coefficient (Wildman–Crippen LogP) is 0.956. The number of rotatable bonds is 2. The van der Waals surface area contributed by atoms with E-state index >= 15 is 0 Å². The number of alkyl halides is 4. The lowest BCUT2D eigenvalue weighted by Gasteiger charge is -2.34. The molecule has 1 aliphatic heterocycles. The molecular weight excluding hydrogens is 289 g/mol. The molecule has 0 radical (unpaired) electrons. The van der Waals surface area contributed by atoms with E-state index in [1.807, 2.05) is 0 Å². The summed E-state index contributed by atoms with van der Waals surface area (Å²) < 4.78 is 66.5. The Bertz CT molecular complexity index is 358. The van der Waals surface area contributed by atoms with Crippen molar-refractivity contribution in [1.29, 1.82) is 0 Å². The Labute approximate surface area is 101 Å². The highest BCUT2D eigenvalue weighted by atomic mass is 35.5. The fraction of sp³-hybridized carbons (Fsp3) is 1.00. The van der Waals surface area contributed by atoms with Crippen LogP contribution in [0.1, 0.15) is 13.3 Å². The summed E-state index contributed by atoms with van der Waals surface area (Å²) in [6, 6.07) is 0. The van der Waals surface area contributed by atoms with Crippen molar-refractivity contribution in [3.63, 3.8) is 0 Å². The van der Waals surface area contributed by atoms with Crippen molar-refractivity contribution >= 4 is 21.7 Å². The van der Waals surface area contributed by atoms with Crippen LogP contribution in [-0.4, -0.2) is 42.9 Å². The summed E-state index contributed by atoms with van der Waals surface area (Å²) >= 11 is 5.63.